The summed E-state index contributed by atoms with van der Waals surface area (Å²) in [6.07, 6.45) is 4.42. The van der Waals surface area contributed by atoms with E-state index in [4.69, 9.17) is 4.42 Å². The van der Waals surface area contributed by atoms with Crippen molar-refractivity contribution in [2.24, 2.45) is 7.05 Å². The SMILES string of the molecule is Cn1c(=O)oc2cc(C(=O)N3CCN(C(=O)c4cnccn4)CC3)ccc21. The predicted molar refractivity (Wildman–Crippen MR) is 95.3 cm³/mol. The number of rotatable bonds is 2. The number of nitrogens with zero attached hydrogens (tertiary/aromatic N) is 5. The number of amides is 2. The van der Waals surface area contributed by atoms with E-state index in [1.165, 1.54) is 23.2 Å². The Balaban J connectivity index is 1.46. The highest BCUT2D eigenvalue weighted by molar-refractivity contribution is 5.97. The first-order valence-electron chi connectivity index (χ1n) is 8.49. The van der Waals surface area contributed by atoms with Crippen LogP contribution in [0.3, 0.4) is 0 Å². The van der Waals surface area contributed by atoms with Crippen LogP contribution in [-0.2, 0) is 7.05 Å². The van der Waals surface area contributed by atoms with Gasteiger partial charge in [-0.15, -0.1) is 0 Å². The monoisotopic (exact) mass is 367 g/mol. The summed E-state index contributed by atoms with van der Waals surface area (Å²) >= 11 is 0. The van der Waals surface area contributed by atoms with Gasteiger partial charge in [-0.1, -0.05) is 0 Å². The molecule has 3 heterocycles. The molecule has 1 aliphatic rings. The summed E-state index contributed by atoms with van der Waals surface area (Å²) in [4.78, 5) is 48.0. The molecule has 9 heteroatoms. The summed E-state index contributed by atoms with van der Waals surface area (Å²) in [6.45, 7) is 1.68. The minimum atomic E-state index is -0.467. The van der Waals surface area contributed by atoms with Gasteiger partial charge < -0.3 is 14.2 Å². The fourth-order valence-corrected chi connectivity index (χ4v) is 3.13. The van der Waals surface area contributed by atoms with E-state index in [0.29, 0.717) is 48.5 Å². The first-order valence-corrected chi connectivity index (χ1v) is 8.49. The Morgan fingerprint density at radius 3 is 2.41 bits per heavy atom. The number of hydrogen-bond acceptors (Lipinski definition) is 6. The minimum absolute atomic E-state index is 0.157. The molecule has 0 atom stereocenters. The zero-order valence-electron chi connectivity index (χ0n) is 14.7. The van der Waals surface area contributed by atoms with Gasteiger partial charge in [-0.25, -0.2) is 9.78 Å². The molecule has 9 nitrogen and oxygen atoms in total. The predicted octanol–water partition coefficient (Wildman–Crippen LogP) is 0.520. The van der Waals surface area contributed by atoms with Gasteiger partial charge in [0, 0.05) is 51.2 Å². The Morgan fingerprint density at radius 2 is 1.74 bits per heavy atom. The Hall–Kier alpha value is -3.49. The maximum absolute atomic E-state index is 12.8. The van der Waals surface area contributed by atoms with Crippen molar-refractivity contribution in [3.05, 3.63) is 58.6 Å². The van der Waals surface area contributed by atoms with E-state index < -0.39 is 5.76 Å². The van der Waals surface area contributed by atoms with Crippen molar-refractivity contribution < 1.29 is 14.0 Å². The van der Waals surface area contributed by atoms with Crippen LogP contribution in [-0.4, -0.2) is 62.3 Å². The first-order chi connectivity index (χ1) is 13.0. The van der Waals surface area contributed by atoms with E-state index in [1.54, 1.807) is 35.0 Å². The Morgan fingerprint density at radius 1 is 1.04 bits per heavy atom. The number of benzene rings is 1. The molecule has 0 bridgehead atoms. The summed E-state index contributed by atoms with van der Waals surface area (Å²) in [6, 6.07) is 4.95. The summed E-state index contributed by atoms with van der Waals surface area (Å²) in [5, 5.41) is 0. The van der Waals surface area contributed by atoms with E-state index in [2.05, 4.69) is 9.97 Å². The number of oxazole rings is 1. The summed E-state index contributed by atoms with van der Waals surface area (Å²) in [5.74, 6) is -0.816. The molecule has 4 rings (SSSR count). The molecule has 2 aromatic heterocycles. The number of aromatic nitrogens is 3. The summed E-state index contributed by atoms with van der Waals surface area (Å²) in [5.41, 5.74) is 1.76. The average Bonchev–Trinajstić information content (AvgIpc) is 3.01. The summed E-state index contributed by atoms with van der Waals surface area (Å²) < 4.78 is 6.53. The molecule has 1 fully saturated rings. The normalized spacial score (nSPS) is 14.6. The second kappa shape index (κ2) is 6.67. The van der Waals surface area contributed by atoms with E-state index in [9.17, 15) is 14.4 Å². The largest absolute Gasteiger partial charge is 0.419 e. The Bertz CT molecular complexity index is 1060. The lowest BCUT2D eigenvalue weighted by Gasteiger charge is -2.34. The van der Waals surface area contributed by atoms with Crippen LogP contribution in [0.5, 0.6) is 0 Å². The number of aryl methyl sites for hydroxylation is 1. The van der Waals surface area contributed by atoms with E-state index >= 15 is 0 Å². The molecule has 2 amide bonds. The molecule has 1 saturated heterocycles. The van der Waals surface area contributed by atoms with Gasteiger partial charge in [-0.3, -0.25) is 19.1 Å². The molecule has 0 aliphatic carbocycles. The number of carbonyl (C=O) groups is 2. The van der Waals surface area contributed by atoms with Crippen LogP contribution >= 0.6 is 0 Å². The van der Waals surface area contributed by atoms with Crippen LogP contribution in [0.2, 0.25) is 0 Å². The third-order valence-corrected chi connectivity index (χ3v) is 4.68. The lowest BCUT2D eigenvalue weighted by molar-refractivity contribution is 0.0532. The molecule has 0 spiro atoms. The van der Waals surface area contributed by atoms with Crippen molar-refractivity contribution in [2.45, 2.75) is 0 Å². The minimum Gasteiger partial charge on any atom is -0.408 e. The van der Waals surface area contributed by atoms with Crippen LogP contribution in [0, 0.1) is 0 Å². The van der Waals surface area contributed by atoms with Crippen molar-refractivity contribution in [3.8, 4) is 0 Å². The maximum Gasteiger partial charge on any atom is 0.419 e. The topological polar surface area (TPSA) is 102 Å². The van der Waals surface area contributed by atoms with Crippen molar-refractivity contribution in [2.75, 3.05) is 26.2 Å². The number of hydrogen-bond donors (Lipinski definition) is 0. The Kier molecular flexibility index (Phi) is 4.19. The van der Waals surface area contributed by atoms with Gasteiger partial charge in [-0.05, 0) is 18.2 Å². The molecule has 0 N–H and O–H groups in total. The molecule has 138 valence electrons. The number of carbonyl (C=O) groups excluding carboxylic acids is 2. The zero-order valence-corrected chi connectivity index (χ0v) is 14.7. The molecule has 0 unspecified atom stereocenters. The van der Waals surface area contributed by atoms with Crippen LogP contribution in [0.1, 0.15) is 20.8 Å². The van der Waals surface area contributed by atoms with Crippen molar-refractivity contribution >= 4 is 22.9 Å². The van der Waals surface area contributed by atoms with Gasteiger partial charge in [0.1, 0.15) is 5.69 Å². The fourth-order valence-electron chi connectivity index (χ4n) is 3.13. The van der Waals surface area contributed by atoms with Gasteiger partial charge in [0.25, 0.3) is 11.8 Å². The highest BCUT2D eigenvalue weighted by Crippen LogP contribution is 2.17. The zero-order chi connectivity index (χ0) is 19.0. The highest BCUT2D eigenvalue weighted by atomic mass is 16.4. The third kappa shape index (κ3) is 3.07. The van der Waals surface area contributed by atoms with Gasteiger partial charge in [0.05, 0.1) is 11.7 Å². The third-order valence-electron chi connectivity index (χ3n) is 4.68. The second-order valence-electron chi connectivity index (χ2n) is 6.28. The van der Waals surface area contributed by atoms with Crippen LogP contribution in [0.4, 0.5) is 0 Å². The first kappa shape index (κ1) is 17.0. The van der Waals surface area contributed by atoms with E-state index in [1.807, 2.05) is 0 Å². The van der Waals surface area contributed by atoms with Crippen molar-refractivity contribution in [1.82, 2.24) is 24.3 Å². The van der Waals surface area contributed by atoms with Crippen molar-refractivity contribution in [3.63, 3.8) is 0 Å². The van der Waals surface area contributed by atoms with Gasteiger partial charge in [0.2, 0.25) is 0 Å². The Labute approximate surface area is 153 Å². The average molecular weight is 367 g/mol. The molecule has 3 aromatic rings. The number of fused-ring (bicyclic) bond motifs is 1. The molecule has 0 saturated carbocycles. The van der Waals surface area contributed by atoms with Crippen LogP contribution in [0.25, 0.3) is 11.1 Å². The maximum atomic E-state index is 12.8. The molecule has 1 aliphatic heterocycles. The molecular formula is C18H17N5O4. The van der Waals surface area contributed by atoms with Crippen LogP contribution in [0.15, 0.2) is 46.0 Å². The van der Waals surface area contributed by atoms with Crippen LogP contribution < -0.4 is 5.76 Å². The van der Waals surface area contributed by atoms with E-state index in [0.717, 1.165) is 0 Å². The molecule has 0 radical (unpaired) electrons. The number of piperazine rings is 1. The standard InChI is InChI=1S/C18H17N5O4/c1-21-14-3-2-12(10-15(14)27-18(21)26)16(24)22-6-8-23(9-7-22)17(25)13-11-19-4-5-20-13/h2-5,10-11H,6-9H2,1H3. The lowest BCUT2D eigenvalue weighted by Crippen LogP contribution is -2.50. The van der Waals surface area contributed by atoms with Gasteiger partial charge >= 0.3 is 5.76 Å². The van der Waals surface area contributed by atoms with Gasteiger partial charge in [-0.2, -0.15) is 0 Å². The molecule has 27 heavy (non-hydrogen) atoms. The smallest absolute Gasteiger partial charge is 0.408 e. The van der Waals surface area contributed by atoms with Crippen molar-refractivity contribution in [1.29, 1.82) is 0 Å². The molecular weight excluding hydrogens is 350 g/mol. The lowest BCUT2D eigenvalue weighted by atomic mass is 10.1. The summed E-state index contributed by atoms with van der Waals surface area (Å²) in [7, 11) is 1.61. The van der Waals surface area contributed by atoms with E-state index in [-0.39, 0.29) is 11.8 Å². The highest BCUT2D eigenvalue weighted by Gasteiger charge is 2.26. The fraction of sp³-hybridized carbons (Fsp3) is 0.278. The second-order valence-corrected chi connectivity index (χ2v) is 6.28. The van der Waals surface area contributed by atoms with Gasteiger partial charge in [0.15, 0.2) is 5.58 Å². The quantitative estimate of drug-likeness (QED) is 0.654. The molecule has 1 aromatic carbocycles.